The van der Waals surface area contributed by atoms with E-state index in [1.807, 2.05) is 13.8 Å². The lowest BCUT2D eigenvalue weighted by molar-refractivity contribution is 0.0861. The van der Waals surface area contributed by atoms with Crippen LogP contribution in [0.25, 0.3) is 0 Å². The Labute approximate surface area is 120 Å². The van der Waals surface area contributed by atoms with Crippen LogP contribution in [-0.4, -0.2) is 29.1 Å². The summed E-state index contributed by atoms with van der Waals surface area (Å²) in [4.78, 5) is 0. The van der Waals surface area contributed by atoms with Gasteiger partial charge in [0.2, 0.25) is 0 Å². The van der Waals surface area contributed by atoms with E-state index in [2.05, 4.69) is 0 Å². The van der Waals surface area contributed by atoms with Crippen molar-refractivity contribution in [3.63, 3.8) is 0 Å². The van der Waals surface area contributed by atoms with Gasteiger partial charge in [-0.2, -0.15) is 0 Å². The molecule has 0 saturated carbocycles. The van der Waals surface area contributed by atoms with Crippen molar-refractivity contribution < 1.29 is 22.1 Å². The summed E-state index contributed by atoms with van der Waals surface area (Å²) in [5, 5.41) is 0. The number of rotatable bonds is 9. The van der Waals surface area contributed by atoms with Gasteiger partial charge in [-0.1, -0.05) is 0 Å². The molecule has 0 unspecified atom stereocenters. The van der Waals surface area contributed by atoms with Crippen LogP contribution in [-0.2, 0) is 19.7 Å². The van der Waals surface area contributed by atoms with Crippen molar-refractivity contribution in [2.45, 2.75) is 32.7 Å². The maximum atomic E-state index is 13.1. The fourth-order valence-electron chi connectivity index (χ4n) is 2.11. The Balaban J connectivity index is 2.59. The summed E-state index contributed by atoms with van der Waals surface area (Å²) in [6.45, 7) is 4.83. The van der Waals surface area contributed by atoms with Crippen LogP contribution in [0, 0.1) is 11.6 Å². The zero-order valence-electron chi connectivity index (χ0n) is 12.2. The molecule has 0 atom stereocenters. The number of halogens is 2. The predicted molar refractivity (Wildman–Crippen MR) is 75.5 cm³/mol. The highest BCUT2D eigenvalue weighted by Crippen LogP contribution is 2.19. The molecule has 0 aliphatic heterocycles. The molecule has 0 N–H and O–H groups in total. The summed E-state index contributed by atoms with van der Waals surface area (Å²) >= 11 is 0. The van der Waals surface area contributed by atoms with Crippen molar-refractivity contribution in [2.24, 2.45) is 0 Å². The Morgan fingerprint density at radius 1 is 1.00 bits per heavy atom. The van der Waals surface area contributed by atoms with Crippen molar-refractivity contribution in [2.75, 3.05) is 20.3 Å². The van der Waals surface area contributed by atoms with Crippen molar-refractivity contribution in [1.29, 1.82) is 0 Å². The summed E-state index contributed by atoms with van der Waals surface area (Å²) in [5.41, 5.74) is 0.634. The van der Waals surface area contributed by atoms with Crippen LogP contribution in [0.5, 0.6) is 0 Å². The molecule has 114 valence electrons. The van der Waals surface area contributed by atoms with Gasteiger partial charge in [-0.25, -0.2) is 8.78 Å². The van der Waals surface area contributed by atoms with Crippen LogP contribution in [0.4, 0.5) is 8.78 Å². The zero-order chi connectivity index (χ0) is 15.0. The molecule has 0 spiro atoms. The Bertz CT molecular complexity index is 389. The van der Waals surface area contributed by atoms with Gasteiger partial charge in [0.15, 0.2) is 0 Å². The third-order valence-corrected chi connectivity index (χ3v) is 5.96. The molecular weight excluding hydrogens is 282 g/mol. The van der Waals surface area contributed by atoms with Crippen LogP contribution in [0.1, 0.15) is 25.8 Å². The van der Waals surface area contributed by atoms with Gasteiger partial charge >= 0.3 is 8.80 Å². The highest BCUT2D eigenvalue weighted by molar-refractivity contribution is 6.60. The van der Waals surface area contributed by atoms with E-state index in [9.17, 15) is 8.78 Å². The molecule has 1 rings (SSSR count). The standard InChI is InChI=1S/C14H22F2O3Si/c1-4-18-20(17-3,19-5-2)8-6-7-12-9-13(15)11-14(16)10-12/h9-11H,4-8H2,1-3H3. The molecule has 6 heteroatoms. The van der Waals surface area contributed by atoms with Crippen molar-refractivity contribution in [1.82, 2.24) is 0 Å². The quantitative estimate of drug-likeness (QED) is 0.653. The smallest absolute Gasteiger partial charge is 0.377 e. The number of hydrogen-bond acceptors (Lipinski definition) is 3. The first-order valence-electron chi connectivity index (χ1n) is 6.83. The second-order valence-electron chi connectivity index (χ2n) is 4.38. The van der Waals surface area contributed by atoms with Crippen LogP contribution < -0.4 is 0 Å². The van der Waals surface area contributed by atoms with E-state index < -0.39 is 20.4 Å². The SMILES string of the molecule is CCO[Si](CCCc1cc(F)cc(F)c1)(OC)OCC. The van der Waals surface area contributed by atoms with E-state index in [0.717, 1.165) is 6.07 Å². The Hall–Kier alpha value is -0.823. The summed E-state index contributed by atoms with van der Waals surface area (Å²) in [5.74, 6) is -1.10. The molecule has 1 aromatic carbocycles. The lowest BCUT2D eigenvalue weighted by Gasteiger charge is -2.27. The molecule has 0 bridgehead atoms. The molecule has 0 amide bonds. The fraction of sp³-hybridized carbons (Fsp3) is 0.571. The van der Waals surface area contributed by atoms with Gasteiger partial charge in [-0.05, 0) is 44.4 Å². The molecule has 0 radical (unpaired) electrons. The van der Waals surface area contributed by atoms with Crippen LogP contribution >= 0.6 is 0 Å². The van der Waals surface area contributed by atoms with Gasteiger partial charge in [0.25, 0.3) is 0 Å². The Kier molecular flexibility index (Phi) is 7.29. The van der Waals surface area contributed by atoms with E-state index in [0.29, 0.717) is 37.7 Å². The molecule has 0 heterocycles. The summed E-state index contributed by atoms with van der Waals surface area (Å²) in [7, 11) is -1.06. The van der Waals surface area contributed by atoms with E-state index >= 15 is 0 Å². The highest BCUT2D eigenvalue weighted by Gasteiger charge is 2.38. The minimum atomic E-state index is -2.64. The second kappa shape index (κ2) is 8.46. The molecule has 0 saturated heterocycles. The molecule has 1 aromatic rings. The Morgan fingerprint density at radius 2 is 1.55 bits per heavy atom. The van der Waals surface area contributed by atoms with Crippen LogP contribution in [0.2, 0.25) is 6.04 Å². The summed E-state index contributed by atoms with van der Waals surface area (Å²) < 4.78 is 42.9. The molecule has 20 heavy (non-hydrogen) atoms. The molecule has 0 aromatic heterocycles. The van der Waals surface area contributed by atoms with E-state index in [-0.39, 0.29) is 0 Å². The van der Waals surface area contributed by atoms with Crippen molar-refractivity contribution in [3.05, 3.63) is 35.4 Å². The van der Waals surface area contributed by atoms with E-state index in [1.54, 1.807) is 7.11 Å². The first-order valence-corrected chi connectivity index (χ1v) is 8.76. The van der Waals surface area contributed by atoms with Gasteiger partial charge in [-0.15, -0.1) is 0 Å². The lowest BCUT2D eigenvalue weighted by atomic mass is 10.1. The molecule has 3 nitrogen and oxygen atoms in total. The van der Waals surface area contributed by atoms with Crippen molar-refractivity contribution >= 4 is 8.80 Å². The molecule has 0 fully saturated rings. The zero-order valence-corrected chi connectivity index (χ0v) is 13.2. The monoisotopic (exact) mass is 304 g/mol. The molecule has 0 aliphatic rings. The van der Waals surface area contributed by atoms with E-state index in [1.165, 1.54) is 12.1 Å². The van der Waals surface area contributed by atoms with E-state index in [4.69, 9.17) is 13.3 Å². The number of hydrogen-bond donors (Lipinski definition) is 0. The number of aryl methyl sites for hydroxylation is 1. The minimum absolute atomic E-state index is 0.522. The van der Waals surface area contributed by atoms with Gasteiger partial charge in [-0.3, -0.25) is 0 Å². The van der Waals surface area contributed by atoms with Gasteiger partial charge < -0.3 is 13.3 Å². The summed E-state index contributed by atoms with van der Waals surface area (Å²) in [6.07, 6.45) is 1.26. The Morgan fingerprint density at radius 3 is 2.00 bits per heavy atom. The third kappa shape index (κ3) is 5.28. The summed E-state index contributed by atoms with van der Waals surface area (Å²) in [6, 6.07) is 4.20. The highest BCUT2D eigenvalue weighted by atomic mass is 28.4. The number of benzene rings is 1. The third-order valence-electron chi connectivity index (χ3n) is 2.91. The maximum absolute atomic E-state index is 13.1. The lowest BCUT2D eigenvalue weighted by Crippen LogP contribution is -2.44. The average molecular weight is 304 g/mol. The molecular formula is C14H22F2O3Si. The predicted octanol–water partition coefficient (Wildman–Crippen LogP) is 3.56. The first-order chi connectivity index (χ1) is 9.55. The fourth-order valence-corrected chi connectivity index (χ4v) is 4.41. The van der Waals surface area contributed by atoms with Crippen LogP contribution in [0.3, 0.4) is 0 Å². The normalized spacial score (nSPS) is 11.8. The van der Waals surface area contributed by atoms with Gasteiger partial charge in [0.1, 0.15) is 11.6 Å². The topological polar surface area (TPSA) is 27.7 Å². The average Bonchev–Trinajstić information content (AvgIpc) is 2.38. The van der Waals surface area contributed by atoms with Gasteiger partial charge in [0, 0.05) is 32.4 Å². The van der Waals surface area contributed by atoms with Gasteiger partial charge in [0.05, 0.1) is 0 Å². The largest absolute Gasteiger partial charge is 0.500 e. The second-order valence-corrected chi connectivity index (χ2v) is 7.24. The maximum Gasteiger partial charge on any atom is 0.500 e. The van der Waals surface area contributed by atoms with Crippen LogP contribution in [0.15, 0.2) is 18.2 Å². The first kappa shape index (κ1) is 17.2. The molecule has 0 aliphatic carbocycles. The minimum Gasteiger partial charge on any atom is -0.377 e. The van der Waals surface area contributed by atoms with Crippen molar-refractivity contribution in [3.8, 4) is 0 Å².